The zero-order valence-electron chi connectivity index (χ0n) is 11.1. The van der Waals surface area contributed by atoms with E-state index in [-0.39, 0.29) is 5.56 Å². The maximum Gasteiger partial charge on any atom is 0.416 e. The number of anilines is 1. The van der Waals surface area contributed by atoms with Gasteiger partial charge in [-0.05, 0) is 42.3 Å². The van der Waals surface area contributed by atoms with Crippen LogP contribution in [0.4, 0.5) is 18.9 Å². The predicted molar refractivity (Wildman–Crippen MR) is 82.7 cm³/mol. The molecule has 21 heavy (non-hydrogen) atoms. The standard InChI is InChI=1S/C15H12BrClF3N/c1-9-2-5-12(7-13(9)15(18,19)20)21-8-10-3-4-11(17)6-14(10)16/h2-7,21H,8H2,1H3. The second kappa shape index (κ2) is 6.28. The monoisotopic (exact) mass is 377 g/mol. The highest BCUT2D eigenvalue weighted by Gasteiger charge is 2.32. The van der Waals surface area contributed by atoms with E-state index in [4.69, 9.17) is 11.6 Å². The molecule has 1 nitrogen and oxygen atoms in total. The van der Waals surface area contributed by atoms with E-state index >= 15 is 0 Å². The van der Waals surface area contributed by atoms with Gasteiger partial charge in [-0.2, -0.15) is 13.2 Å². The molecule has 0 saturated carbocycles. The van der Waals surface area contributed by atoms with Gasteiger partial charge in [-0.3, -0.25) is 0 Å². The van der Waals surface area contributed by atoms with E-state index in [1.165, 1.54) is 13.0 Å². The summed E-state index contributed by atoms with van der Waals surface area (Å²) in [6, 6.07) is 9.52. The van der Waals surface area contributed by atoms with Crippen molar-refractivity contribution in [1.29, 1.82) is 0 Å². The molecule has 0 unspecified atom stereocenters. The first-order valence-corrected chi connectivity index (χ1v) is 7.30. The van der Waals surface area contributed by atoms with Crippen LogP contribution in [0.15, 0.2) is 40.9 Å². The molecule has 112 valence electrons. The molecule has 2 rings (SSSR count). The third-order valence-electron chi connectivity index (χ3n) is 3.04. The number of benzene rings is 2. The van der Waals surface area contributed by atoms with E-state index in [1.807, 2.05) is 6.07 Å². The van der Waals surface area contributed by atoms with Crippen LogP contribution in [0.2, 0.25) is 5.02 Å². The number of hydrogen-bond donors (Lipinski definition) is 1. The number of hydrogen-bond acceptors (Lipinski definition) is 1. The van der Waals surface area contributed by atoms with Crippen LogP contribution in [0.1, 0.15) is 16.7 Å². The van der Waals surface area contributed by atoms with E-state index < -0.39 is 11.7 Å². The van der Waals surface area contributed by atoms with Crippen LogP contribution in [-0.2, 0) is 12.7 Å². The molecule has 0 radical (unpaired) electrons. The summed E-state index contributed by atoms with van der Waals surface area (Å²) in [5, 5.41) is 3.59. The molecule has 0 aliphatic rings. The first-order valence-electron chi connectivity index (χ1n) is 6.13. The summed E-state index contributed by atoms with van der Waals surface area (Å²) in [6.45, 7) is 1.85. The average molecular weight is 379 g/mol. The van der Waals surface area contributed by atoms with Gasteiger partial charge in [0.2, 0.25) is 0 Å². The van der Waals surface area contributed by atoms with Crippen molar-refractivity contribution in [2.45, 2.75) is 19.6 Å². The van der Waals surface area contributed by atoms with Crippen molar-refractivity contribution in [1.82, 2.24) is 0 Å². The molecule has 6 heteroatoms. The predicted octanol–water partition coefficient (Wildman–Crippen LogP) is 6.04. The minimum atomic E-state index is -4.34. The van der Waals surface area contributed by atoms with Gasteiger partial charge < -0.3 is 5.32 Å². The summed E-state index contributed by atoms with van der Waals surface area (Å²) < 4.78 is 39.4. The summed E-state index contributed by atoms with van der Waals surface area (Å²) in [4.78, 5) is 0. The summed E-state index contributed by atoms with van der Waals surface area (Å²) >= 11 is 9.22. The molecule has 0 amide bonds. The van der Waals surface area contributed by atoms with E-state index in [0.29, 0.717) is 17.3 Å². The van der Waals surface area contributed by atoms with Crippen LogP contribution in [0.3, 0.4) is 0 Å². The van der Waals surface area contributed by atoms with Gasteiger partial charge in [0, 0.05) is 21.7 Å². The van der Waals surface area contributed by atoms with Gasteiger partial charge in [0.25, 0.3) is 0 Å². The Morgan fingerprint density at radius 2 is 1.86 bits per heavy atom. The summed E-state index contributed by atoms with van der Waals surface area (Å²) in [7, 11) is 0. The van der Waals surface area contributed by atoms with Crippen molar-refractivity contribution >= 4 is 33.2 Å². The second-order valence-corrected chi connectivity index (χ2v) is 5.91. The van der Waals surface area contributed by atoms with Gasteiger partial charge >= 0.3 is 6.18 Å². The smallest absolute Gasteiger partial charge is 0.381 e. The molecule has 0 saturated heterocycles. The minimum Gasteiger partial charge on any atom is -0.381 e. The van der Waals surface area contributed by atoms with Crippen LogP contribution < -0.4 is 5.32 Å². The average Bonchev–Trinajstić information content (AvgIpc) is 2.38. The Morgan fingerprint density at radius 1 is 1.14 bits per heavy atom. The molecule has 0 fully saturated rings. The molecule has 0 aliphatic carbocycles. The zero-order valence-corrected chi connectivity index (χ0v) is 13.4. The molecule has 0 spiro atoms. The van der Waals surface area contributed by atoms with E-state index in [0.717, 1.165) is 16.1 Å². The molecule has 0 aliphatic heterocycles. The summed E-state index contributed by atoms with van der Waals surface area (Å²) in [5.74, 6) is 0. The summed E-state index contributed by atoms with van der Waals surface area (Å²) in [6.07, 6.45) is -4.34. The number of alkyl halides is 3. The van der Waals surface area contributed by atoms with Gasteiger partial charge in [0.05, 0.1) is 5.56 Å². The van der Waals surface area contributed by atoms with Crippen molar-refractivity contribution < 1.29 is 13.2 Å². The molecule has 2 aromatic carbocycles. The quantitative estimate of drug-likeness (QED) is 0.686. The minimum absolute atomic E-state index is 0.209. The van der Waals surface area contributed by atoms with Crippen LogP contribution in [0.5, 0.6) is 0 Å². The fraction of sp³-hybridized carbons (Fsp3) is 0.200. The van der Waals surface area contributed by atoms with Gasteiger partial charge in [0.1, 0.15) is 0 Å². The normalized spacial score (nSPS) is 11.5. The van der Waals surface area contributed by atoms with Crippen molar-refractivity contribution in [3.8, 4) is 0 Å². The van der Waals surface area contributed by atoms with E-state index in [2.05, 4.69) is 21.2 Å². The first-order chi connectivity index (χ1) is 9.77. The maximum absolute atomic E-state index is 12.9. The molecule has 2 aromatic rings. The third kappa shape index (κ3) is 4.14. The van der Waals surface area contributed by atoms with Gasteiger partial charge in [-0.25, -0.2) is 0 Å². The highest BCUT2D eigenvalue weighted by molar-refractivity contribution is 9.10. The molecule has 0 heterocycles. The topological polar surface area (TPSA) is 12.0 Å². The van der Waals surface area contributed by atoms with E-state index in [1.54, 1.807) is 18.2 Å². The number of aryl methyl sites for hydroxylation is 1. The summed E-state index contributed by atoms with van der Waals surface area (Å²) in [5.41, 5.74) is 0.923. The lowest BCUT2D eigenvalue weighted by atomic mass is 10.1. The third-order valence-corrected chi connectivity index (χ3v) is 4.01. The number of nitrogens with one attached hydrogen (secondary N) is 1. The lowest BCUT2D eigenvalue weighted by molar-refractivity contribution is -0.138. The molecular formula is C15H12BrClF3N. The van der Waals surface area contributed by atoms with Crippen molar-refractivity contribution in [2.24, 2.45) is 0 Å². The molecule has 0 atom stereocenters. The molecule has 1 N–H and O–H groups in total. The Kier molecular flexibility index (Phi) is 4.84. The van der Waals surface area contributed by atoms with Crippen LogP contribution in [0.25, 0.3) is 0 Å². The Labute approximate surface area is 134 Å². The van der Waals surface area contributed by atoms with Gasteiger partial charge in [0.15, 0.2) is 0 Å². The Morgan fingerprint density at radius 3 is 2.48 bits per heavy atom. The molecular weight excluding hydrogens is 367 g/mol. The van der Waals surface area contributed by atoms with Gasteiger partial charge in [-0.15, -0.1) is 0 Å². The van der Waals surface area contributed by atoms with Crippen LogP contribution in [0, 0.1) is 6.92 Å². The fourth-order valence-corrected chi connectivity index (χ4v) is 2.72. The Bertz CT molecular complexity index is 656. The van der Waals surface area contributed by atoms with E-state index in [9.17, 15) is 13.2 Å². The van der Waals surface area contributed by atoms with Crippen molar-refractivity contribution in [3.05, 3.63) is 62.6 Å². The van der Waals surface area contributed by atoms with Crippen LogP contribution >= 0.6 is 27.5 Å². The largest absolute Gasteiger partial charge is 0.416 e. The number of rotatable bonds is 3. The van der Waals surface area contributed by atoms with Crippen molar-refractivity contribution in [2.75, 3.05) is 5.32 Å². The zero-order chi connectivity index (χ0) is 15.6. The van der Waals surface area contributed by atoms with Crippen molar-refractivity contribution in [3.63, 3.8) is 0 Å². The molecule has 0 bridgehead atoms. The first kappa shape index (κ1) is 16.2. The lowest BCUT2D eigenvalue weighted by Gasteiger charge is -2.14. The van der Waals surface area contributed by atoms with Crippen LogP contribution in [-0.4, -0.2) is 0 Å². The van der Waals surface area contributed by atoms with Gasteiger partial charge in [-0.1, -0.05) is 39.7 Å². The second-order valence-electron chi connectivity index (χ2n) is 4.62. The molecule has 0 aromatic heterocycles. The fourth-order valence-electron chi connectivity index (χ4n) is 1.90. The Balaban J connectivity index is 2.17. The highest BCUT2D eigenvalue weighted by Crippen LogP contribution is 2.33. The SMILES string of the molecule is Cc1ccc(NCc2ccc(Cl)cc2Br)cc1C(F)(F)F. The maximum atomic E-state index is 12.9. The lowest BCUT2D eigenvalue weighted by Crippen LogP contribution is -2.09. The Hall–Kier alpha value is -1.20. The highest BCUT2D eigenvalue weighted by atomic mass is 79.9. The number of halogens is 5.